The lowest BCUT2D eigenvalue weighted by Gasteiger charge is -2.10. The minimum atomic E-state index is -0.0329. The highest BCUT2D eigenvalue weighted by molar-refractivity contribution is 4.57. The molecule has 0 aliphatic rings. The normalized spacial score (nSPS) is 12.8. The molecule has 0 heterocycles. The van der Waals surface area contributed by atoms with E-state index < -0.39 is 0 Å². The summed E-state index contributed by atoms with van der Waals surface area (Å²) in [6, 6.07) is 0. The molecule has 4 N–H and O–H groups in total. The zero-order valence-electron chi connectivity index (χ0n) is 14.0. The molecule has 0 rings (SSSR count). The van der Waals surface area contributed by atoms with Gasteiger partial charge < -0.3 is 10.8 Å². The van der Waals surface area contributed by atoms with Crippen LogP contribution in [0.2, 0.25) is 0 Å². The molecular weight excluding hydrogens is 246 g/mol. The molecular formula is C18H40NO+. The van der Waals surface area contributed by atoms with Crippen LogP contribution in [0.4, 0.5) is 0 Å². The average Bonchev–Trinajstić information content (AvgIpc) is 2.45. The third kappa shape index (κ3) is 16.0. The Balaban J connectivity index is 3.07. The third-order valence-electron chi connectivity index (χ3n) is 4.18. The minimum absolute atomic E-state index is 0.0329. The average molecular weight is 287 g/mol. The van der Waals surface area contributed by atoms with Crippen molar-refractivity contribution >= 4 is 0 Å². The zero-order valence-corrected chi connectivity index (χ0v) is 14.0. The van der Waals surface area contributed by atoms with Crippen molar-refractivity contribution in [3.63, 3.8) is 0 Å². The van der Waals surface area contributed by atoms with Crippen molar-refractivity contribution in [1.82, 2.24) is 0 Å². The maximum Gasteiger partial charge on any atom is 0.0739 e. The number of hydrogen-bond donors (Lipinski definition) is 2. The molecule has 0 aromatic rings. The second-order valence-corrected chi connectivity index (χ2v) is 6.33. The van der Waals surface area contributed by atoms with Gasteiger partial charge in [0.2, 0.25) is 0 Å². The molecule has 0 aliphatic carbocycles. The van der Waals surface area contributed by atoms with Gasteiger partial charge in [0.25, 0.3) is 0 Å². The maximum atomic E-state index is 9.87. The van der Waals surface area contributed by atoms with Crippen molar-refractivity contribution in [2.24, 2.45) is 0 Å². The van der Waals surface area contributed by atoms with E-state index in [-0.39, 0.29) is 6.10 Å². The van der Waals surface area contributed by atoms with Gasteiger partial charge in [-0.15, -0.1) is 0 Å². The van der Waals surface area contributed by atoms with E-state index in [2.05, 4.69) is 12.7 Å². The monoisotopic (exact) mass is 286 g/mol. The standard InChI is InChI=1S/C18H39NO/c1-2-3-4-12-15-18(20)16-13-10-8-6-5-7-9-11-14-17-19/h18,20H,2-17,19H2,1H3/p+1/t18-/m1/s1. The first kappa shape index (κ1) is 19.9. The molecule has 1 atom stereocenters. The molecule has 122 valence electrons. The summed E-state index contributed by atoms with van der Waals surface area (Å²) in [7, 11) is 0. The van der Waals surface area contributed by atoms with Gasteiger partial charge in [-0.1, -0.05) is 77.6 Å². The molecule has 0 radical (unpaired) electrons. The van der Waals surface area contributed by atoms with E-state index in [0.717, 1.165) is 19.4 Å². The van der Waals surface area contributed by atoms with E-state index >= 15 is 0 Å². The van der Waals surface area contributed by atoms with Gasteiger partial charge in [-0.05, 0) is 25.7 Å². The summed E-state index contributed by atoms with van der Waals surface area (Å²) in [6.07, 6.45) is 19.3. The summed E-state index contributed by atoms with van der Waals surface area (Å²) >= 11 is 0. The second kappa shape index (κ2) is 17.0. The van der Waals surface area contributed by atoms with Crippen molar-refractivity contribution in [3.8, 4) is 0 Å². The van der Waals surface area contributed by atoms with Crippen LogP contribution in [-0.4, -0.2) is 17.8 Å². The molecule has 0 spiro atoms. The van der Waals surface area contributed by atoms with Crippen LogP contribution < -0.4 is 5.73 Å². The van der Waals surface area contributed by atoms with Crippen LogP contribution in [0.1, 0.15) is 103 Å². The Kier molecular flexibility index (Phi) is 16.9. The van der Waals surface area contributed by atoms with Crippen LogP contribution in [-0.2, 0) is 0 Å². The highest BCUT2D eigenvalue weighted by Gasteiger charge is 2.03. The third-order valence-corrected chi connectivity index (χ3v) is 4.18. The number of hydrogen-bond acceptors (Lipinski definition) is 1. The summed E-state index contributed by atoms with van der Waals surface area (Å²) in [5.74, 6) is 0. The largest absolute Gasteiger partial charge is 0.393 e. The van der Waals surface area contributed by atoms with Crippen LogP contribution in [0.3, 0.4) is 0 Å². The number of aliphatic hydroxyl groups excluding tert-OH is 1. The molecule has 0 bridgehead atoms. The van der Waals surface area contributed by atoms with Crippen LogP contribution in [0, 0.1) is 0 Å². The smallest absolute Gasteiger partial charge is 0.0739 e. The Morgan fingerprint density at radius 3 is 1.50 bits per heavy atom. The summed E-state index contributed by atoms with van der Waals surface area (Å²) in [4.78, 5) is 0. The van der Waals surface area contributed by atoms with E-state index in [4.69, 9.17) is 0 Å². The second-order valence-electron chi connectivity index (χ2n) is 6.33. The lowest BCUT2D eigenvalue weighted by atomic mass is 10.0. The number of quaternary nitrogens is 1. The van der Waals surface area contributed by atoms with Gasteiger partial charge in [0.05, 0.1) is 12.6 Å². The Labute approximate surface area is 127 Å². The van der Waals surface area contributed by atoms with Crippen LogP contribution in [0.5, 0.6) is 0 Å². The Hall–Kier alpha value is -0.0800. The highest BCUT2D eigenvalue weighted by Crippen LogP contribution is 2.14. The van der Waals surface area contributed by atoms with Crippen molar-refractivity contribution in [2.45, 2.75) is 109 Å². The number of unbranched alkanes of at least 4 members (excludes halogenated alkanes) is 11. The molecule has 0 fully saturated rings. The first-order chi connectivity index (χ1) is 9.81. The van der Waals surface area contributed by atoms with Gasteiger partial charge in [0, 0.05) is 0 Å². The SMILES string of the molecule is CCCCCC[C@@H](O)CCCCCCCCCCC[NH3+]. The van der Waals surface area contributed by atoms with E-state index in [9.17, 15) is 5.11 Å². The van der Waals surface area contributed by atoms with Gasteiger partial charge in [-0.25, -0.2) is 0 Å². The molecule has 20 heavy (non-hydrogen) atoms. The summed E-state index contributed by atoms with van der Waals surface area (Å²) < 4.78 is 0. The van der Waals surface area contributed by atoms with Crippen LogP contribution in [0.15, 0.2) is 0 Å². The van der Waals surface area contributed by atoms with Gasteiger partial charge in [0.15, 0.2) is 0 Å². The number of rotatable bonds is 16. The van der Waals surface area contributed by atoms with E-state index in [0.29, 0.717) is 0 Å². The van der Waals surface area contributed by atoms with Crippen LogP contribution in [0.25, 0.3) is 0 Å². The van der Waals surface area contributed by atoms with E-state index in [1.165, 1.54) is 83.5 Å². The fourth-order valence-electron chi connectivity index (χ4n) is 2.75. The molecule has 2 nitrogen and oxygen atoms in total. The predicted molar refractivity (Wildman–Crippen MR) is 88.7 cm³/mol. The zero-order chi connectivity index (χ0) is 14.9. The maximum absolute atomic E-state index is 9.87. The molecule has 0 saturated carbocycles. The predicted octanol–water partition coefficient (Wildman–Crippen LogP) is 4.46. The van der Waals surface area contributed by atoms with Crippen molar-refractivity contribution in [1.29, 1.82) is 0 Å². The summed E-state index contributed by atoms with van der Waals surface area (Å²) in [5.41, 5.74) is 3.87. The van der Waals surface area contributed by atoms with Gasteiger partial charge in [0.1, 0.15) is 0 Å². The molecule has 0 aromatic carbocycles. The van der Waals surface area contributed by atoms with Gasteiger partial charge in [-0.2, -0.15) is 0 Å². The molecule has 0 aliphatic heterocycles. The Morgan fingerprint density at radius 1 is 0.650 bits per heavy atom. The summed E-state index contributed by atoms with van der Waals surface area (Å²) in [6.45, 7) is 3.33. The van der Waals surface area contributed by atoms with Gasteiger partial charge in [-0.3, -0.25) is 0 Å². The molecule has 2 heteroatoms. The van der Waals surface area contributed by atoms with Crippen molar-refractivity contribution in [2.75, 3.05) is 6.54 Å². The highest BCUT2D eigenvalue weighted by atomic mass is 16.3. The topological polar surface area (TPSA) is 47.9 Å². The fourth-order valence-corrected chi connectivity index (χ4v) is 2.75. The van der Waals surface area contributed by atoms with Crippen molar-refractivity contribution < 1.29 is 10.8 Å². The quantitative estimate of drug-likeness (QED) is 0.404. The lowest BCUT2D eigenvalue weighted by Crippen LogP contribution is -2.50. The fraction of sp³-hybridized carbons (Fsp3) is 1.00. The Morgan fingerprint density at radius 2 is 1.05 bits per heavy atom. The molecule has 0 amide bonds. The minimum Gasteiger partial charge on any atom is -0.393 e. The van der Waals surface area contributed by atoms with Crippen molar-refractivity contribution in [3.05, 3.63) is 0 Å². The molecule has 0 unspecified atom stereocenters. The first-order valence-corrected chi connectivity index (χ1v) is 9.28. The van der Waals surface area contributed by atoms with E-state index in [1.807, 2.05) is 0 Å². The number of aliphatic hydroxyl groups is 1. The van der Waals surface area contributed by atoms with E-state index in [1.54, 1.807) is 0 Å². The lowest BCUT2D eigenvalue weighted by molar-refractivity contribution is -0.368. The Bertz CT molecular complexity index is 173. The van der Waals surface area contributed by atoms with Gasteiger partial charge >= 0.3 is 0 Å². The molecule has 0 saturated heterocycles. The summed E-state index contributed by atoms with van der Waals surface area (Å²) in [5, 5.41) is 9.87. The molecule has 0 aromatic heterocycles. The van der Waals surface area contributed by atoms with Crippen LogP contribution >= 0.6 is 0 Å². The first-order valence-electron chi connectivity index (χ1n) is 9.28.